The number of aromatic amines is 1. The molecule has 0 unspecified atom stereocenters. The van der Waals surface area contributed by atoms with Crippen LogP contribution in [0, 0.1) is 13.8 Å². The molecule has 6 rings (SSSR count). The highest BCUT2D eigenvalue weighted by atomic mass is 16.3. The number of rotatable bonds is 4. The van der Waals surface area contributed by atoms with Crippen LogP contribution in [0.2, 0.25) is 0 Å². The molecule has 1 saturated carbocycles. The number of amides is 1. The Kier molecular flexibility index (Phi) is 4.77. The number of furan rings is 1. The molecule has 9 heteroatoms. The third-order valence-corrected chi connectivity index (χ3v) is 6.98. The highest BCUT2D eigenvalue weighted by molar-refractivity contribution is 6.10. The maximum absolute atomic E-state index is 13.8. The molecule has 9 nitrogen and oxygen atoms in total. The highest BCUT2D eigenvalue weighted by Gasteiger charge is 2.39. The number of hydrogen-bond acceptors (Lipinski definition) is 7. The van der Waals surface area contributed by atoms with Crippen molar-refractivity contribution in [1.29, 1.82) is 0 Å². The van der Waals surface area contributed by atoms with Crippen LogP contribution < -0.4 is 10.9 Å². The van der Waals surface area contributed by atoms with E-state index < -0.39 is 0 Å². The highest BCUT2D eigenvalue weighted by Crippen LogP contribution is 2.40. The second-order valence-corrected chi connectivity index (χ2v) is 9.80. The van der Waals surface area contributed by atoms with Crippen molar-refractivity contribution in [2.24, 2.45) is 0 Å². The first-order chi connectivity index (χ1) is 16.8. The van der Waals surface area contributed by atoms with Crippen molar-refractivity contribution in [3.8, 4) is 11.4 Å². The summed E-state index contributed by atoms with van der Waals surface area (Å²) in [5.41, 5.74) is 3.88. The van der Waals surface area contributed by atoms with E-state index in [9.17, 15) is 9.59 Å². The van der Waals surface area contributed by atoms with E-state index >= 15 is 0 Å². The lowest BCUT2D eigenvalue weighted by molar-refractivity contribution is 0.0731. The molecule has 0 radical (unpaired) electrons. The van der Waals surface area contributed by atoms with E-state index in [1.54, 1.807) is 11.8 Å². The van der Waals surface area contributed by atoms with Crippen molar-refractivity contribution in [2.45, 2.75) is 52.1 Å². The summed E-state index contributed by atoms with van der Waals surface area (Å²) in [5, 5.41) is 4.06. The number of anilines is 1. The Bertz CT molecular complexity index is 1530. The fraction of sp³-hybridized carbons (Fsp3) is 0.346. The molecule has 1 aliphatic carbocycles. The molecule has 178 valence electrons. The number of aryl methyl sites for hydroxylation is 2. The Morgan fingerprint density at radius 3 is 2.69 bits per heavy atom. The summed E-state index contributed by atoms with van der Waals surface area (Å²) in [4.78, 5) is 44.6. The molecule has 1 amide bonds. The van der Waals surface area contributed by atoms with Crippen LogP contribution in [0.4, 0.5) is 5.82 Å². The van der Waals surface area contributed by atoms with Crippen LogP contribution in [-0.4, -0.2) is 42.8 Å². The van der Waals surface area contributed by atoms with Crippen molar-refractivity contribution in [3.05, 3.63) is 69.1 Å². The van der Waals surface area contributed by atoms with Crippen LogP contribution in [0.5, 0.6) is 0 Å². The molecule has 2 N–H and O–H groups in total. The van der Waals surface area contributed by atoms with Gasteiger partial charge in [0.05, 0.1) is 23.2 Å². The molecule has 3 aromatic heterocycles. The third kappa shape index (κ3) is 3.77. The van der Waals surface area contributed by atoms with Gasteiger partial charge in [0.15, 0.2) is 0 Å². The van der Waals surface area contributed by atoms with Gasteiger partial charge in [0, 0.05) is 23.2 Å². The molecule has 1 aliphatic heterocycles. The minimum absolute atomic E-state index is 0.0197. The topological polar surface area (TPSA) is 117 Å². The summed E-state index contributed by atoms with van der Waals surface area (Å²) in [6, 6.07) is 7.82. The number of carbonyl (C=O) groups excluding carboxylic acids is 1. The van der Waals surface area contributed by atoms with Gasteiger partial charge in [-0.3, -0.25) is 9.59 Å². The lowest BCUT2D eigenvalue weighted by atomic mass is 10.0. The summed E-state index contributed by atoms with van der Waals surface area (Å²) in [5.74, 6) is 1.44. The van der Waals surface area contributed by atoms with Crippen molar-refractivity contribution in [2.75, 3.05) is 11.9 Å². The number of benzene rings is 1. The minimum atomic E-state index is -0.176. The van der Waals surface area contributed by atoms with Crippen LogP contribution in [0.1, 0.15) is 52.7 Å². The fourth-order valence-corrected chi connectivity index (χ4v) is 4.61. The van der Waals surface area contributed by atoms with Gasteiger partial charge in [0.2, 0.25) is 5.71 Å². The van der Waals surface area contributed by atoms with Crippen molar-refractivity contribution >= 4 is 22.8 Å². The first-order valence-electron chi connectivity index (χ1n) is 11.8. The normalized spacial score (nSPS) is 16.3. The summed E-state index contributed by atoms with van der Waals surface area (Å²) in [7, 11) is 0. The summed E-state index contributed by atoms with van der Waals surface area (Å²) < 4.78 is 5.85. The van der Waals surface area contributed by atoms with Crippen molar-refractivity contribution < 1.29 is 9.21 Å². The molecular weight excluding hydrogens is 444 g/mol. The van der Waals surface area contributed by atoms with Gasteiger partial charge in [-0.15, -0.1) is 0 Å². The largest absolute Gasteiger partial charge is 0.442 e. The zero-order chi connectivity index (χ0) is 24.3. The Balaban J connectivity index is 1.36. The van der Waals surface area contributed by atoms with Gasteiger partial charge in [0.1, 0.15) is 23.7 Å². The predicted octanol–water partition coefficient (Wildman–Crippen LogP) is 3.75. The van der Waals surface area contributed by atoms with E-state index in [2.05, 4.69) is 27.2 Å². The Labute approximate surface area is 201 Å². The van der Waals surface area contributed by atoms with Gasteiger partial charge in [0.25, 0.3) is 11.5 Å². The third-order valence-electron chi connectivity index (χ3n) is 6.98. The number of nitrogens with zero attached hydrogens (tertiary/aromatic N) is 4. The summed E-state index contributed by atoms with van der Waals surface area (Å²) >= 11 is 0. The quantitative estimate of drug-likeness (QED) is 0.466. The van der Waals surface area contributed by atoms with Crippen molar-refractivity contribution in [3.63, 3.8) is 0 Å². The number of H-pyrrole nitrogens is 1. The predicted molar refractivity (Wildman–Crippen MR) is 131 cm³/mol. The van der Waals surface area contributed by atoms with Gasteiger partial charge < -0.3 is 19.6 Å². The zero-order valence-electron chi connectivity index (χ0n) is 19.9. The van der Waals surface area contributed by atoms with E-state index in [-0.39, 0.29) is 23.6 Å². The molecule has 0 atom stereocenters. The van der Waals surface area contributed by atoms with E-state index in [0.717, 1.165) is 24.0 Å². The maximum Gasteiger partial charge on any atom is 0.258 e. The molecule has 4 heterocycles. The Morgan fingerprint density at radius 1 is 1.17 bits per heavy atom. The van der Waals surface area contributed by atoms with Crippen LogP contribution in [0.25, 0.3) is 22.5 Å². The van der Waals surface area contributed by atoms with E-state index in [1.807, 2.05) is 31.2 Å². The molecule has 4 aromatic rings. The molecule has 0 saturated heterocycles. The number of aromatic nitrogens is 4. The Hall–Kier alpha value is -4.01. The van der Waals surface area contributed by atoms with E-state index in [1.165, 1.54) is 6.33 Å². The van der Waals surface area contributed by atoms with Gasteiger partial charge in [-0.25, -0.2) is 15.0 Å². The van der Waals surface area contributed by atoms with Crippen molar-refractivity contribution in [1.82, 2.24) is 24.8 Å². The molecular formula is C26H26N6O3. The number of carbonyl (C=O) groups is 1. The molecule has 35 heavy (non-hydrogen) atoms. The molecule has 0 bridgehead atoms. The standard InChI is InChI=1S/C26H26N6O3/c1-14-4-6-16(7-5-14)21-29-18-12-32(11-8-17(18)23(33)30-21)25(34)19-15(2)35-24-20(19)22(27-13-28-24)31-26(3)9-10-26/h4-7,13H,8-12H2,1-3H3,(H,27,28,31)(H,29,30,33). The minimum Gasteiger partial charge on any atom is -0.442 e. The maximum atomic E-state index is 13.8. The molecule has 1 aromatic carbocycles. The first-order valence-corrected chi connectivity index (χ1v) is 11.8. The smallest absolute Gasteiger partial charge is 0.258 e. The second-order valence-electron chi connectivity index (χ2n) is 9.80. The molecule has 1 fully saturated rings. The lowest BCUT2D eigenvalue weighted by Crippen LogP contribution is -2.39. The van der Waals surface area contributed by atoms with Gasteiger partial charge >= 0.3 is 0 Å². The average molecular weight is 471 g/mol. The summed E-state index contributed by atoms with van der Waals surface area (Å²) in [6.07, 6.45) is 3.98. The van der Waals surface area contributed by atoms with E-state index in [0.29, 0.717) is 58.3 Å². The zero-order valence-corrected chi connectivity index (χ0v) is 19.9. The van der Waals surface area contributed by atoms with E-state index in [4.69, 9.17) is 9.40 Å². The van der Waals surface area contributed by atoms with Gasteiger partial charge in [-0.1, -0.05) is 29.8 Å². The van der Waals surface area contributed by atoms with Crippen LogP contribution >= 0.6 is 0 Å². The average Bonchev–Trinajstić information content (AvgIpc) is 3.46. The van der Waals surface area contributed by atoms with Gasteiger partial charge in [-0.2, -0.15) is 0 Å². The fourth-order valence-electron chi connectivity index (χ4n) is 4.61. The van der Waals surface area contributed by atoms with Crippen LogP contribution in [-0.2, 0) is 13.0 Å². The van der Waals surface area contributed by atoms with Crippen LogP contribution in [0.3, 0.4) is 0 Å². The number of hydrogen-bond donors (Lipinski definition) is 2. The molecule has 0 spiro atoms. The Morgan fingerprint density at radius 2 is 1.94 bits per heavy atom. The second kappa shape index (κ2) is 7.76. The monoisotopic (exact) mass is 470 g/mol. The number of nitrogens with one attached hydrogen (secondary N) is 2. The van der Waals surface area contributed by atoms with Crippen LogP contribution in [0.15, 0.2) is 39.8 Å². The molecule has 2 aliphatic rings. The SMILES string of the molecule is Cc1ccc(-c2nc3c(c(=O)[nH]2)CCN(C(=O)c2c(C)oc4ncnc(NC5(C)CC5)c24)C3)cc1. The lowest BCUT2D eigenvalue weighted by Gasteiger charge is -2.28. The van der Waals surface area contributed by atoms with Gasteiger partial charge in [-0.05, 0) is 40.0 Å². The number of fused-ring (bicyclic) bond motifs is 2. The first kappa shape index (κ1) is 21.5. The summed E-state index contributed by atoms with van der Waals surface area (Å²) in [6.45, 7) is 6.58.